The van der Waals surface area contributed by atoms with Gasteiger partial charge >= 0.3 is 0 Å². The summed E-state index contributed by atoms with van der Waals surface area (Å²) in [5.74, 6) is 0.627. The molecule has 0 saturated carbocycles. The second-order valence-corrected chi connectivity index (χ2v) is 8.11. The van der Waals surface area contributed by atoms with Crippen LogP contribution in [0.2, 0.25) is 0 Å². The minimum absolute atomic E-state index is 0.0587. The molecule has 1 heterocycles. The van der Waals surface area contributed by atoms with Gasteiger partial charge in [0.2, 0.25) is 0 Å². The van der Waals surface area contributed by atoms with Crippen molar-refractivity contribution >= 4 is 5.91 Å². The number of ether oxygens (including phenoxy) is 1. The summed E-state index contributed by atoms with van der Waals surface area (Å²) >= 11 is 0. The predicted molar refractivity (Wildman–Crippen MR) is 116 cm³/mol. The van der Waals surface area contributed by atoms with Gasteiger partial charge in [-0.25, -0.2) is 0 Å². The predicted octanol–water partition coefficient (Wildman–Crippen LogP) is 5.25. The van der Waals surface area contributed by atoms with Crippen LogP contribution in [0.15, 0.2) is 85.5 Å². The first-order chi connectivity index (χ1) is 14.2. The fraction of sp³-hybridized carbons (Fsp3) is 0.346. The summed E-state index contributed by atoms with van der Waals surface area (Å²) in [5.41, 5.74) is 1.92. The van der Waals surface area contributed by atoms with E-state index in [1.807, 2.05) is 54.6 Å². The number of piperidine rings is 1. The summed E-state index contributed by atoms with van der Waals surface area (Å²) in [6, 6.07) is 20.1. The lowest BCUT2D eigenvalue weighted by atomic mass is 9.73. The van der Waals surface area contributed by atoms with Crippen LogP contribution in [-0.2, 0) is 11.3 Å². The minimum atomic E-state index is 0.0587. The Hall–Kier alpha value is -2.65. The Bertz CT molecular complexity index is 861. The highest BCUT2D eigenvalue weighted by Crippen LogP contribution is 2.40. The smallest absolute Gasteiger partial charge is 0.254 e. The van der Waals surface area contributed by atoms with Crippen molar-refractivity contribution in [3.8, 4) is 0 Å². The van der Waals surface area contributed by atoms with E-state index in [1.54, 1.807) is 0 Å². The molecular weight excluding hydrogens is 358 g/mol. The second kappa shape index (κ2) is 8.79. The number of benzene rings is 2. The average molecular weight is 388 g/mol. The van der Waals surface area contributed by atoms with Crippen LogP contribution in [0.5, 0.6) is 0 Å². The molecule has 4 rings (SSSR count). The molecular formula is C26H29NO2. The molecule has 1 aliphatic heterocycles. The lowest BCUT2D eigenvalue weighted by molar-refractivity contribution is -0.0553. The van der Waals surface area contributed by atoms with Gasteiger partial charge in [0.15, 0.2) is 0 Å². The van der Waals surface area contributed by atoms with Crippen LogP contribution in [0.1, 0.15) is 35.7 Å². The first-order valence-electron chi connectivity index (χ1n) is 10.5. The van der Waals surface area contributed by atoms with Gasteiger partial charge in [0.05, 0.1) is 18.8 Å². The zero-order chi connectivity index (χ0) is 20.2. The third-order valence-electron chi connectivity index (χ3n) is 6.41. The highest BCUT2D eigenvalue weighted by Gasteiger charge is 2.45. The van der Waals surface area contributed by atoms with Crippen LogP contribution in [-0.4, -0.2) is 29.0 Å². The van der Waals surface area contributed by atoms with Crippen molar-refractivity contribution in [3.63, 3.8) is 0 Å². The summed E-state index contributed by atoms with van der Waals surface area (Å²) in [4.78, 5) is 15.5. The van der Waals surface area contributed by atoms with E-state index in [1.165, 1.54) is 5.56 Å². The van der Waals surface area contributed by atoms with E-state index < -0.39 is 0 Å². The number of likely N-dealkylation sites (tertiary alicyclic amines) is 1. The number of hydrogen-bond acceptors (Lipinski definition) is 2. The van der Waals surface area contributed by atoms with Crippen molar-refractivity contribution in [2.24, 2.45) is 11.8 Å². The van der Waals surface area contributed by atoms with E-state index in [4.69, 9.17) is 4.74 Å². The maximum atomic E-state index is 13.4. The van der Waals surface area contributed by atoms with Gasteiger partial charge in [-0.1, -0.05) is 66.8 Å². The van der Waals surface area contributed by atoms with Crippen molar-refractivity contribution in [1.29, 1.82) is 0 Å². The maximum Gasteiger partial charge on any atom is 0.254 e. The third kappa shape index (κ3) is 4.06. The molecule has 0 aromatic heterocycles. The fourth-order valence-corrected chi connectivity index (χ4v) is 4.78. The molecule has 2 aliphatic rings. The molecule has 5 atom stereocenters. The molecule has 150 valence electrons. The normalized spacial score (nSPS) is 28.6. The van der Waals surface area contributed by atoms with Crippen molar-refractivity contribution in [1.82, 2.24) is 4.90 Å². The van der Waals surface area contributed by atoms with E-state index in [9.17, 15) is 4.79 Å². The Morgan fingerprint density at radius 3 is 2.52 bits per heavy atom. The molecule has 29 heavy (non-hydrogen) atoms. The summed E-state index contributed by atoms with van der Waals surface area (Å²) in [7, 11) is 0. The first-order valence-corrected chi connectivity index (χ1v) is 10.5. The fourth-order valence-electron chi connectivity index (χ4n) is 4.78. The van der Waals surface area contributed by atoms with Gasteiger partial charge in [-0.3, -0.25) is 4.79 Å². The van der Waals surface area contributed by atoms with Gasteiger partial charge in [-0.2, -0.15) is 0 Å². The zero-order valence-corrected chi connectivity index (χ0v) is 17.0. The number of nitrogens with zero attached hydrogens (tertiary/aromatic N) is 1. The monoisotopic (exact) mass is 387 g/mol. The van der Waals surface area contributed by atoms with Crippen LogP contribution < -0.4 is 0 Å². The number of carbonyl (C=O) groups excluding carboxylic acids is 1. The van der Waals surface area contributed by atoms with E-state index >= 15 is 0 Å². The summed E-state index contributed by atoms with van der Waals surface area (Å²) in [6.07, 6.45) is 8.40. The number of carbonyl (C=O) groups is 1. The molecule has 2 aromatic carbocycles. The van der Waals surface area contributed by atoms with Crippen LogP contribution in [0.3, 0.4) is 0 Å². The standard InChI is InChI=1S/C26H29NO2/c1-3-21-17-23-24(27(19(21)2)26(28)22-13-8-5-9-14-22)15-10-16-25(23)29-18-20-11-6-4-7-12-20/h3-15,19,21,23-25H,1,16-18H2,2H3/t19-,21-,23+,24+,25?/m1/s1. The lowest BCUT2D eigenvalue weighted by Gasteiger charge is -2.51. The van der Waals surface area contributed by atoms with E-state index in [2.05, 4.69) is 42.7 Å². The highest BCUT2D eigenvalue weighted by molar-refractivity contribution is 5.95. The summed E-state index contributed by atoms with van der Waals surface area (Å²) < 4.78 is 6.38. The Balaban J connectivity index is 1.58. The van der Waals surface area contributed by atoms with Gasteiger partial charge in [-0.15, -0.1) is 6.58 Å². The summed E-state index contributed by atoms with van der Waals surface area (Å²) in [6.45, 7) is 6.81. The van der Waals surface area contributed by atoms with Gasteiger partial charge in [0.1, 0.15) is 0 Å². The van der Waals surface area contributed by atoms with Crippen LogP contribution >= 0.6 is 0 Å². The Morgan fingerprint density at radius 1 is 1.14 bits per heavy atom. The van der Waals surface area contributed by atoms with Crippen molar-refractivity contribution in [2.75, 3.05) is 0 Å². The molecule has 0 radical (unpaired) electrons. The number of rotatable bonds is 5. The van der Waals surface area contributed by atoms with Gasteiger partial charge in [-0.05, 0) is 43.4 Å². The lowest BCUT2D eigenvalue weighted by Crippen LogP contribution is -2.58. The zero-order valence-electron chi connectivity index (χ0n) is 17.0. The van der Waals surface area contributed by atoms with Crippen LogP contribution in [0.4, 0.5) is 0 Å². The molecule has 3 nitrogen and oxygen atoms in total. The highest BCUT2D eigenvalue weighted by atomic mass is 16.5. The van der Waals surface area contributed by atoms with E-state index in [-0.39, 0.29) is 35.9 Å². The number of fused-ring (bicyclic) bond motifs is 1. The van der Waals surface area contributed by atoms with Gasteiger partial charge in [0.25, 0.3) is 5.91 Å². The minimum Gasteiger partial charge on any atom is -0.373 e. The molecule has 0 spiro atoms. The van der Waals surface area contributed by atoms with Crippen molar-refractivity contribution in [3.05, 3.63) is 96.6 Å². The maximum absolute atomic E-state index is 13.4. The van der Waals surface area contributed by atoms with Crippen molar-refractivity contribution in [2.45, 2.75) is 44.6 Å². The first kappa shape index (κ1) is 19.7. The molecule has 0 N–H and O–H groups in total. The number of hydrogen-bond donors (Lipinski definition) is 0. The molecule has 1 amide bonds. The second-order valence-electron chi connectivity index (χ2n) is 8.11. The molecule has 1 fully saturated rings. The summed E-state index contributed by atoms with van der Waals surface area (Å²) in [5, 5.41) is 0. The molecule has 1 unspecified atom stereocenters. The van der Waals surface area contributed by atoms with Crippen molar-refractivity contribution < 1.29 is 9.53 Å². The largest absolute Gasteiger partial charge is 0.373 e. The molecule has 2 aromatic rings. The Kier molecular flexibility index (Phi) is 5.96. The molecule has 3 heteroatoms. The average Bonchev–Trinajstić information content (AvgIpc) is 2.78. The van der Waals surface area contributed by atoms with Crippen LogP contribution in [0.25, 0.3) is 0 Å². The molecule has 0 bridgehead atoms. The van der Waals surface area contributed by atoms with Gasteiger partial charge in [0, 0.05) is 17.5 Å². The number of amides is 1. The van der Waals surface area contributed by atoms with Gasteiger partial charge < -0.3 is 9.64 Å². The quantitative estimate of drug-likeness (QED) is 0.656. The third-order valence-corrected chi connectivity index (χ3v) is 6.41. The molecule has 1 aliphatic carbocycles. The van der Waals surface area contributed by atoms with Crippen LogP contribution in [0, 0.1) is 11.8 Å². The topological polar surface area (TPSA) is 29.5 Å². The Morgan fingerprint density at radius 2 is 1.83 bits per heavy atom. The van der Waals surface area contributed by atoms with E-state index in [0.717, 1.165) is 18.4 Å². The van der Waals surface area contributed by atoms with E-state index in [0.29, 0.717) is 6.61 Å². The SMILES string of the molecule is C=C[C@@H]1C[C@@H]2C(OCc3ccccc3)CC=C[C@@H]2N(C(=O)c2ccccc2)[C@@H]1C. The Labute approximate surface area is 173 Å². The molecule has 1 saturated heterocycles.